The van der Waals surface area contributed by atoms with Crippen LogP contribution in [0.1, 0.15) is 25.8 Å². The third kappa shape index (κ3) is 3.90. The molecule has 3 nitrogen and oxygen atoms in total. The average Bonchev–Trinajstić information content (AvgIpc) is 2.78. The van der Waals surface area contributed by atoms with Crippen LogP contribution in [-0.2, 0) is 0 Å². The van der Waals surface area contributed by atoms with Gasteiger partial charge in [0.15, 0.2) is 5.17 Å². The molecule has 1 aromatic rings. The van der Waals surface area contributed by atoms with Crippen molar-refractivity contribution in [2.75, 3.05) is 18.2 Å². The van der Waals surface area contributed by atoms with Crippen molar-refractivity contribution in [2.45, 2.75) is 33.2 Å². The zero-order chi connectivity index (χ0) is 13.8. The average molecular weight is 278 g/mol. The number of thioether (sulfide) groups is 1. The number of hydrogen-bond acceptors (Lipinski definition) is 4. The SMILES string of the molecule is COc1ccc(NC2=NC(CC(C)C)CS2)c(C)c1. The van der Waals surface area contributed by atoms with E-state index < -0.39 is 0 Å². The first-order valence-electron chi connectivity index (χ1n) is 6.70. The number of nitrogens with zero attached hydrogens (tertiary/aromatic N) is 1. The summed E-state index contributed by atoms with van der Waals surface area (Å²) >= 11 is 1.81. The first kappa shape index (κ1) is 14.3. The molecule has 104 valence electrons. The number of nitrogens with one attached hydrogen (secondary N) is 1. The van der Waals surface area contributed by atoms with Crippen molar-refractivity contribution in [2.24, 2.45) is 10.9 Å². The van der Waals surface area contributed by atoms with Crippen molar-refractivity contribution in [3.63, 3.8) is 0 Å². The van der Waals surface area contributed by atoms with Crippen LogP contribution >= 0.6 is 11.8 Å². The van der Waals surface area contributed by atoms with E-state index in [1.165, 1.54) is 12.0 Å². The number of benzene rings is 1. The molecule has 1 aliphatic heterocycles. The van der Waals surface area contributed by atoms with Gasteiger partial charge < -0.3 is 10.1 Å². The fourth-order valence-corrected chi connectivity index (χ4v) is 3.13. The summed E-state index contributed by atoms with van der Waals surface area (Å²) in [5.41, 5.74) is 2.28. The van der Waals surface area contributed by atoms with Crippen molar-refractivity contribution in [3.05, 3.63) is 23.8 Å². The third-order valence-corrected chi connectivity index (χ3v) is 4.16. The summed E-state index contributed by atoms with van der Waals surface area (Å²) in [5, 5.41) is 4.46. The highest BCUT2D eigenvalue weighted by Crippen LogP contribution is 2.26. The quantitative estimate of drug-likeness (QED) is 0.906. The van der Waals surface area contributed by atoms with E-state index in [1.54, 1.807) is 7.11 Å². The Morgan fingerprint density at radius 3 is 2.89 bits per heavy atom. The molecule has 1 N–H and O–H groups in total. The highest BCUT2D eigenvalue weighted by atomic mass is 32.2. The number of anilines is 1. The predicted octanol–water partition coefficient (Wildman–Crippen LogP) is 3.93. The second-order valence-electron chi connectivity index (χ2n) is 5.33. The van der Waals surface area contributed by atoms with Crippen LogP contribution in [0.4, 0.5) is 5.69 Å². The van der Waals surface area contributed by atoms with Gasteiger partial charge in [0.05, 0.1) is 13.2 Å². The van der Waals surface area contributed by atoms with Gasteiger partial charge >= 0.3 is 0 Å². The Labute approximate surface area is 119 Å². The Bertz CT molecular complexity index is 471. The van der Waals surface area contributed by atoms with E-state index in [9.17, 15) is 0 Å². The van der Waals surface area contributed by atoms with Crippen LogP contribution in [0.15, 0.2) is 23.2 Å². The number of aliphatic imine (C=N–C) groups is 1. The smallest absolute Gasteiger partial charge is 0.161 e. The number of rotatable bonds is 4. The van der Waals surface area contributed by atoms with Crippen molar-refractivity contribution in [3.8, 4) is 5.75 Å². The van der Waals surface area contributed by atoms with Gasteiger partial charge in [-0.2, -0.15) is 0 Å². The standard InChI is InChI=1S/C15H22N2OS/c1-10(2)7-12-9-19-15(16-12)17-14-6-5-13(18-4)8-11(14)3/h5-6,8,10,12H,7,9H2,1-4H3,(H,16,17). The van der Waals surface area contributed by atoms with Gasteiger partial charge in [0.2, 0.25) is 0 Å². The topological polar surface area (TPSA) is 33.6 Å². The van der Waals surface area contributed by atoms with E-state index in [1.807, 2.05) is 30.0 Å². The molecule has 0 fully saturated rings. The largest absolute Gasteiger partial charge is 0.497 e. The summed E-state index contributed by atoms with van der Waals surface area (Å²) in [5.74, 6) is 2.69. The molecule has 0 bridgehead atoms. The Hall–Kier alpha value is -1.16. The van der Waals surface area contributed by atoms with E-state index in [4.69, 9.17) is 9.73 Å². The maximum Gasteiger partial charge on any atom is 0.161 e. The van der Waals surface area contributed by atoms with Gasteiger partial charge in [-0.25, -0.2) is 0 Å². The highest BCUT2D eigenvalue weighted by molar-refractivity contribution is 8.14. The van der Waals surface area contributed by atoms with E-state index in [-0.39, 0.29) is 0 Å². The number of methoxy groups -OCH3 is 1. The molecule has 1 aromatic carbocycles. The van der Waals surface area contributed by atoms with Crippen LogP contribution in [0.2, 0.25) is 0 Å². The van der Waals surface area contributed by atoms with Crippen molar-refractivity contribution in [1.82, 2.24) is 0 Å². The molecule has 0 amide bonds. The first-order chi connectivity index (χ1) is 9.08. The molecule has 4 heteroatoms. The Balaban J connectivity index is 2.02. The lowest BCUT2D eigenvalue weighted by molar-refractivity contribution is 0.414. The number of ether oxygens (including phenoxy) is 1. The van der Waals surface area contributed by atoms with E-state index in [2.05, 4.69) is 26.1 Å². The first-order valence-corrected chi connectivity index (χ1v) is 7.69. The Kier molecular flexibility index (Phi) is 4.75. The van der Waals surface area contributed by atoms with Crippen LogP contribution in [-0.4, -0.2) is 24.1 Å². The summed E-state index contributed by atoms with van der Waals surface area (Å²) in [6, 6.07) is 6.52. The molecule has 0 aliphatic carbocycles. The number of aryl methyl sites for hydroxylation is 1. The summed E-state index contributed by atoms with van der Waals surface area (Å²) in [7, 11) is 1.69. The summed E-state index contributed by atoms with van der Waals surface area (Å²) in [4.78, 5) is 4.74. The molecule has 0 radical (unpaired) electrons. The van der Waals surface area contributed by atoms with Crippen molar-refractivity contribution in [1.29, 1.82) is 0 Å². The maximum absolute atomic E-state index is 5.22. The lowest BCUT2D eigenvalue weighted by Crippen LogP contribution is -2.08. The summed E-state index contributed by atoms with van der Waals surface area (Å²) < 4.78 is 5.22. The minimum atomic E-state index is 0.464. The lowest BCUT2D eigenvalue weighted by Gasteiger charge is -2.10. The molecule has 2 rings (SSSR count). The molecule has 0 saturated heterocycles. The van der Waals surface area contributed by atoms with Gasteiger partial charge in [0.25, 0.3) is 0 Å². The number of amidine groups is 1. The van der Waals surface area contributed by atoms with Crippen LogP contribution in [0.25, 0.3) is 0 Å². The fourth-order valence-electron chi connectivity index (χ4n) is 2.17. The second kappa shape index (κ2) is 6.33. The van der Waals surface area contributed by atoms with E-state index >= 15 is 0 Å². The predicted molar refractivity (Wildman–Crippen MR) is 84.5 cm³/mol. The van der Waals surface area contributed by atoms with Gasteiger partial charge in [-0.05, 0) is 43.0 Å². The zero-order valence-electron chi connectivity index (χ0n) is 12.1. The lowest BCUT2D eigenvalue weighted by atomic mass is 10.1. The van der Waals surface area contributed by atoms with Gasteiger partial charge in [0.1, 0.15) is 5.75 Å². The zero-order valence-corrected chi connectivity index (χ0v) is 12.9. The summed E-state index contributed by atoms with van der Waals surface area (Å²) in [6.07, 6.45) is 1.17. The highest BCUT2D eigenvalue weighted by Gasteiger charge is 2.19. The molecule has 1 heterocycles. The van der Waals surface area contributed by atoms with Gasteiger partial charge in [-0.15, -0.1) is 0 Å². The number of hydrogen-bond donors (Lipinski definition) is 1. The minimum absolute atomic E-state index is 0.464. The van der Waals surface area contributed by atoms with Gasteiger partial charge in [0, 0.05) is 11.4 Å². The van der Waals surface area contributed by atoms with Crippen LogP contribution in [0.5, 0.6) is 5.75 Å². The minimum Gasteiger partial charge on any atom is -0.497 e. The van der Waals surface area contributed by atoms with Gasteiger partial charge in [-0.3, -0.25) is 4.99 Å². The fraction of sp³-hybridized carbons (Fsp3) is 0.533. The van der Waals surface area contributed by atoms with E-state index in [0.29, 0.717) is 12.0 Å². The molecule has 1 atom stereocenters. The Morgan fingerprint density at radius 2 is 2.26 bits per heavy atom. The van der Waals surface area contributed by atoms with Crippen LogP contribution in [0.3, 0.4) is 0 Å². The maximum atomic E-state index is 5.22. The van der Waals surface area contributed by atoms with Crippen LogP contribution in [0, 0.1) is 12.8 Å². The molecule has 1 aliphatic rings. The monoisotopic (exact) mass is 278 g/mol. The molecule has 0 aromatic heterocycles. The van der Waals surface area contributed by atoms with Gasteiger partial charge in [-0.1, -0.05) is 25.6 Å². The molecular formula is C15H22N2OS. The van der Waals surface area contributed by atoms with Crippen molar-refractivity contribution < 1.29 is 4.74 Å². The molecule has 19 heavy (non-hydrogen) atoms. The third-order valence-electron chi connectivity index (χ3n) is 3.13. The molecule has 0 saturated carbocycles. The summed E-state index contributed by atoms with van der Waals surface area (Å²) in [6.45, 7) is 6.58. The van der Waals surface area contributed by atoms with E-state index in [0.717, 1.165) is 22.4 Å². The second-order valence-corrected chi connectivity index (χ2v) is 6.34. The Morgan fingerprint density at radius 1 is 1.47 bits per heavy atom. The normalized spacial score (nSPS) is 18.6. The van der Waals surface area contributed by atoms with Crippen LogP contribution < -0.4 is 10.1 Å². The molecule has 0 spiro atoms. The molecular weight excluding hydrogens is 256 g/mol. The molecule has 1 unspecified atom stereocenters. The van der Waals surface area contributed by atoms with Crippen molar-refractivity contribution >= 4 is 22.6 Å².